The Morgan fingerprint density at radius 2 is 1.84 bits per heavy atom. The van der Waals surface area contributed by atoms with Crippen LogP contribution in [-0.4, -0.2) is 22.1 Å². The number of aryl methyl sites for hydroxylation is 1. The summed E-state index contributed by atoms with van der Waals surface area (Å²) in [6.07, 6.45) is 3.30. The molecule has 4 nitrogen and oxygen atoms in total. The summed E-state index contributed by atoms with van der Waals surface area (Å²) in [6, 6.07) is 14.7. The summed E-state index contributed by atoms with van der Waals surface area (Å²) in [4.78, 5) is 0.290. The molecule has 0 spiro atoms. The quantitative estimate of drug-likeness (QED) is 0.694. The molecule has 0 aliphatic carbocycles. The van der Waals surface area contributed by atoms with Crippen molar-refractivity contribution in [1.82, 2.24) is 4.72 Å². The van der Waals surface area contributed by atoms with Gasteiger partial charge in [-0.25, -0.2) is 13.1 Å². The smallest absolute Gasteiger partial charge is 0.240 e. The van der Waals surface area contributed by atoms with Gasteiger partial charge in [-0.15, -0.1) is 6.58 Å². The molecule has 0 aliphatic rings. The molecule has 0 saturated carbocycles. The third-order valence-corrected chi connectivity index (χ3v) is 5.62. The standard InChI is InChI=1S/C20H25NO3S/c1-4-17(15-18-7-5-6-8-20(18)24-3)13-14-21-25(22,23)19-11-9-16(2)10-12-19/h4-12,17,21H,1,13-15H2,2-3H3. The first-order valence-corrected chi connectivity index (χ1v) is 9.75. The summed E-state index contributed by atoms with van der Waals surface area (Å²) in [5, 5.41) is 0. The number of hydrogen-bond acceptors (Lipinski definition) is 3. The summed E-state index contributed by atoms with van der Waals surface area (Å²) in [5.41, 5.74) is 2.12. The average Bonchev–Trinajstić information content (AvgIpc) is 2.61. The van der Waals surface area contributed by atoms with Crippen molar-refractivity contribution >= 4 is 10.0 Å². The Hall–Kier alpha value is -2.11. The van der Waals surface area contributed by atoms with Gasteiger partial charge in [0.15, 0.2) is 0 Å². The summed E-state index contributed by atoms with van der Waals surface area (Å²) < 4.78 is 32.7. The van der Waals surface area contributed by atoms with Crippen LogP contribution in [0, 0.1) is 12.8 Å². The third kappa shape index (κ3) is 5.44. The molecule has 1 atom stereocenters. The molecule has 0 aromatic heterocycles. The molecule has 0 bridgehead atoms. The Balaban J connectivity index is 1.94. The fraction of sp³-hybridized carbons (Fsp3) is 0.300. The molecule has 0 amide bonds. The topological polar surface area (TPSA) is 55.4 Å². The van der Waals surface area contributed by atoms with Crippen molar-refractivity contribution in [1.29, 1.82) is 0 Å². The highest BCUT2D eigenvalue weighted by atomic mass is 32.2. The van der Waals surface area contributed by atoms with Crippen LogP contribution in [0.1, 0.15) is 17.5 Å². The number of rotatable bonds is 9. The molecule has 0 heterocycles. The predicted octanol–water partition coefficient (Wildman–Crippen LogP) is 3.72. The van der Waals surface area contributed by atoms with E-state index in [0.29, 0.717) is 13.0 Å². The molecule has 2 rings (SSSR count). The minimum Gasteiger partial charge on any atom is -0.496 e. The zero-order chi connectivity index (χ0) is 18.3. The molecule has 2 aromatic carbocycles. The normalized spacial score (nSPS) is 12.6. The first kappa shape index (κ1) is 19.2. The second-order valence-electron chi connectivity index (χ2n) is 6.01. The van der Waals surface area contributed by atoms with Gasteiger partial charge in [-0.3, -0.25) is 0 Å². The number of hydrogen-bond donors (Lipinski definition) is 1. The van der Waals surface area contributed by atoms with Crippen LogP contribution in [0.2, 0.25) is 0 Å². The van der Waals surface area contributed by atoms with Gasteiger partial charge >= 0.3 is 0 Å². The van der Waals surface area contributed by atoms with Crippen LogP contribution in [0.5, 0.6) is 5.75 Å². The second-order valence-corrected chi connectivity index (χ2v) is 7.78. The molecule has 2 aromatic rings. The molecule has 25 heavy (non-hydrogen) atoms. The number of methoxy groups -OCH3 is 1. The molecule has 134 valence electrons. The summed E-state index contributed by atoms with van der Waals surface area (Å²) in [5.74, 6) is 1.01. The molecule has 0 radical (unpaired) electrons. The SMILES string of the molecule is C=CC(CCNS(=O)(=O)c1ccc(C)cc1)Cc1ccccc1OC. The average molecular weight is 359 g/mol. The van der Waals surface area contributed by atoms with Crippen molar-refractivity contribution in [3.63, 3.8) is 0 Å². The maximum absolute atomic E-state index is 12.3. The van der Waals surface area contributed by atoms with Gasteiger partial charge in [0, 0.05) is 6.54 Å². The fourth-order valence-electron chi connectivity index (χ4n) is 2.64. The lowest BCUT2D eigenvalue weighted by Gasteiger charge is -2.15. The van der Waals surface area contributed by atoms with E-state index in [0.717, 1.165) is 23.3 Å². The minimum absolute atomic E-state index is 0.164. The van der Waals surface area contributed by atoms with Gasteiger partial charge in [-0.1, -0.05) is 42.0 Å². The lowest BCUT2D eigenvalue weighted by atomic mass is 9.96. The van der Waals surface area contributed by atoms with Crippen molar-refractivity contribution in [2.75, 3.05) is 13.7 Å². The molecule has 1 N–H and O–H groups in total. The van der Waals surface area contributed by atoms with E-state index in [9.17, 15) is 8.42 Å². The fourth-order valence-corrected chi connectivity index (χ4v) is 3.68. The lowest BCUT2D eigenvalue weighted by molar-refractivity contribution is 0.406. The van der Waals surface area contributed by atoms with E-state index in [-0.39, 0.29) is 10.8 Å². The van der Waals surface area contributed by atoms with E-state index >= 15 is 0 Å². The van der Waals surface area contributed by atoms with Crippen molar-refractivity contribution < 1.29 is 13.2 Å². The molecule has 0 fully saturated rings. The molecule has 1 unspecified atom stereocenters. The Labute approximate surface area is 150 Å². The number of ether oxygens (including phenoxy) is 1. The van der Waals surface area contributed by atoms with E-state index in [1.807, 2.05) is 37.3 Å². The largest absolute Gasteiger partial charge is 0.496 e. The van der Waals surface area contributed by atoms with Crippen LogP contribution < -0.4 is 9.46 Å². The van der Waals surface area contributed by atoms with E-state index in [2.05, 4.69) is 11.3 Å². The van der Waals surface area contributed by atoms with Gasteiger partial charge in [-0.2, -0.15) is 0 Å². The summed E-state index contributed by atoms with van der Waals surface area (Å²) in [7, 11) is -1.83. The summed E-state index contributed by atoms with van der Waals surface area (Å²) in [6.45, 7) is 6.17. The van der Waals surface area contributed by atoms with Crippen LogP contribution in [0.3, 0.4) is 0 Å². The molecule has 0 saturated heterocycles. The number of allylic oxidation sites excluding steroid dienone is 1. The number of sulfonamides is 1. The second kappa shape index (κ2) is 8.83. The van der Waals surface area contributed by atoms with E-state index < -0.39 is 10.0 Å². The Bertz CT molecular complexity index is 798. The minimum atomic E-state index is -3.48. The Kier molecular flexibility index (Phi) is 6.79. The van der Waals surface area contributed by atoms with Gasteiger partial charge in [0.25, 0.3) is 0 Å². The predicted molar refractivity (Wildman–Crippen MR) is 101 cm³/mol. The van der Waals surface area contributed by atoms with E-state index in [1.54, 1.807) is 31.4 Å². The van der Waals surface area contributed by atoms with Crippen LogP contribution in [0.15, 0.2) is 66.1 Å². The molecule has 5 heteroatoms. The first-order chi connectivity index (χ1) is 12.0. The zero-order valence-corrected chi connectivity index (χ0v) is 15.6. The van der Waals surface area contributed by atoms with Gasteiger partial charge < -0.3 is 4.74 Å². The highest BCUT2D eigenvalue weighted by Gasteiger charge is 2.15. The monoisotopic (exact) mass is 359 g/mol. The molecule has 0 aliphatic heterocycles. The highest BCUT2D eigenvalue weighted by Crippen LogP contribution is 2.22. The van der Waals surface area contributed by atoms with Crippen LogP contribution in [0.4, 0.5) is 0 Å². The Morgan fingerprint density at radius 1 is 1.16 bits per heavy atom. The Morgan fingerprint density at radius 3 is 2.48 bits per heavy atom. The van der Waals surface area contributed by atoms with Crippen LogP contribution in [-0.2, 0) is 16.4 Å². The van der Waals surface area contributed by atoms with E-state index in [4.69, 9.17) is 4.74 Å². The first-order valence-electron chi connectivity index (χ1n) is 8.27. The van der Waals surface area contributed by atoms with Crippen molar-refractivity contribution in [2.45, 2.75) is 24.7 Å². The molecular formula is C20H25NO3S. The van der Waals surface area contributed by atoms with Crippen LogP contribution >= 0.6 is 0 Å². The number of nitrogens with one attached hydrogen (secondary N) is 1. The maximum atomic E-state index is 12.3. The highest BCUT2D eigenvalue weighted by molar-refractivity contribution is 7.89. The van der Waals surface area contributed by atoms with Gasteiger partial charge in [-0.05, 0) is 49.4 Å². The van der Waals surface area contributed by atoms with E-state index in [1.165, 1.54) is 0 Å². The lowest BCUT2D eigenvalue weighted by Crippen LogP contribution is -2.26. The van der Waals surface area contributed by atoms with Crippen molar-refractivity contribution in [2.24, 2.45) is 5.92 Å². The van der Waals surface area contributed by atoms with Crippen molar-refractivity contribution in [3.05, 3.63) is 72.3 Å². The number of benzene rings is 2. The van der Waals surface area contributed by atoms with Gasteiger partial charge in [0.2, 0.25) is 10.0 Å². The third-order valence-electron chi connectivity index (χ3n) is 4.15. The zero-order valence-electron chi connectivity index (χ0n) is 14.7. The van der Waals surface area contributed by atoms with Crippen LogP contribution in [0.25, 0.3) is 0 Å². The molecular weight excluding hydrogens is 334 g/mol. The maximum Gasteiger partial charge on any atom is 0.240 e. The van der Waals surface area contributed by atoms with Gasteiger partial charge in [0.05, 0.1) is 12.0 Å². The number of para-hydroxylation sites is 1. The van der Waals surface area contributed by atoms with Gasteiger partial charge in [0.1, 0.15) is 5.75 Å². The van der Waals surface area contributed by atoms with Crippen molar-refractivity contribution in [3.8, 4) is 5.75 Å². The summed E-state index contributed by atoms with van der Waals surface area (Å²) >= 11 is 0.